The fourth-order valence-electron chi connectivity index (χ4n) is 3.39. The maximum atomic E-state index is 12.4. The molecule has 0 bridgehead atoms. The summed E-state index contributed by atoms with van der Waals surface area (Å²) in [4.78, 5) is 21.0. The summed E-state index contributed by atoms with van der Waals surface area (Å²) in [6.45, 7) is 0.468. The second-order valence-corrected chi connectivity index (χ2v) is 8.95. The number of fused-ring (bicyclic) bond motifs is 1. The zero-order chi connectivity index (χ0) is 21.5. The van der Waals surface area contributed by atoms with Gasteiger partial charge < -0.3 is 15.0 Å². The molecule has 0 aliphatic heterocycles. The van der Waals surface area contributed by atoms with Crippen LogP contribution >= 0.6 is 22.9 Å². The molecule has 2 heterocycles. The van der Waals surface area contributed by atoms with Crippen LogP contribution in [-0.4, -0.2) is 28.7 Å². The Hall–Kier alpha value is -2.26. The summed E-state index contributed by atoms with van der Waals surface area (Å²) >= 11 is 7.10. The highest BCUT2D eigenvalue weighted by Crippen LogP contribution is 2.49. The minimum absolute atomic E-state index is 0.0969. The van der Waals surface area contributed by atoms with Crippen LogP contribution in [0.5, 0.6) is 5.06 Å². The SMILES string of the molecule is C[C@@H](NC(=O)C[C@@H]1C[C@@H]1c1nc2ccc(Cl)cc2[nH]1)c1ccc(OCC(F)(F)F)s1. The van der Waals surface area contributed by atoms with E-state index in [0.717, 1.165) is 39.5 Å². The third kappa shape index (κ3) is 5.07. The lowest BCUT2D eigenvalue weighted by molar-refractivity contribution is -0.152. The van der Waals surface area contributed by atoms with Crippen molar-refractivity contribution in [1.82, 2.24) is 15.3 Å². The summed E-state index contributed by atoms with van der Waals surface area (Å²) in [6.07, 6.45) is -3.13. The summed E-state index contributed by atoms with van der Waals surface area (Å²) in [7, 11) is 0. The van der Waals surface area contributed by atoms with Gasteiger partial charge in [0.05, 0.1) is 17.1 Å². The molecule has 160 valence electrons. The highest BCUT2D eigenvalue weighted by atomic mass is 35.5. The number of nitrogens with one attached hydrogen (secondary N) is 2. The summed E-state index contributed by atoms with van der Waals surface area (Å²) in [5.74, 6) is 1.19. The maximum Gasteiger partial charge on any atom is 0.422 e. The third-order valence-electron chi connectivity index (χ3n) is 4.97. The van der Waals surface area contributed by atoms with Gasteiger partial charge in [-0.2, -0.15) is 13.2 Å². The van der Waals surface area contributed by atoms with E-state index in [-0.39, 0.29) is 28.8 Å². The van der Waals surface area contributed by atoms with Gasteiger partial charge >= 0.3 is 6.18 Å². The van der Waals surface area contributed by atoms with E-state index in [1.54, 1.807) is 19.1 Å². The van der Waals surface area contributed by atoms with E-state index >= 15 is 0 Å². The molecule has 1 fully saturated rings. The Morgan fingerprint density at radius 3 is 2.97 bits per heavy atom. The van der Waals surface area contributed by atoms with E-state index in [2.05, 4.69) is 15.3 Å². The number of ether oxygens (including phenoxy) is 1. The van der Waals surface area contributed by atoms with E-state index in [1.165, 1.54) is 6.07 Å². The molecule has 1 aromatic carbocycles. The van der Waals surface area contributed by atoms with Crippen LogP contribution in [-0.2, 0) is 4.79 Å². The molecular weight excluding hydrogens is 439 g/mol. The zero-order valence-electron chi connectivity index (χ0n) is 15.9. The molecule has 0 radical (unpaired) electrons. The van der Waals surface area contributed by atoms with Crippen molar-refractivity contribution in [2.24, 2.45) is 5.92 Å². The lowest BCUT2D eigenvalue weighted by atomic mass is 10.2. The van der Waals surface area contributed by atoms with Crippen LogP contribution in [0.4, 0.5) is 13.2 Å². The number of thiophene rings is 1. The number of nitrogens with zero attached hydrogens (tertiary/aromatic N) is 1. The Balaban J connectivity index is 1.28. The normalized spacial score (nSPS) is 19.6. The Morgan fingerprint density at radius 2 is 2.20 bits per heavy atom. The highest BCUT2D eigenvalue weighted by molar-refractivity contribution is 7.13. The Labute approximate surface area is 179 Å². The van der Waals surface area contributed by atoms with Gasteiger partial charge in [-0.15, -0.1) is 11.3 Å². The standard InChI is InChI=1S/C20H19ClF3N3O2S/c1-10(16-4-5-18(30-16)29-9-20(22,23)24)25-17(28)7-11-6-13(11)19-26-14-3-2-12(21)8-15(14)27-19/h2-5,8,10-11,13H,6-7,9H2,1H3,(H,25,28)(H,26,27)/t10-,11+,13+/m1/s1. The van der Waals surface area contributed by atoms with Crippen LogP contribution in [0.1, 0.15) is 42.4 Å². The van der Waals surface area contributed by atoms with E-state index < -0.39 is 12.8 Å². The first-order valence-corrected chi connectivity index (χ1v) is 10.6. The first-order chi connectivity index (χ1) is 14.2. The molecule has 4 rings (SSSR count). The lowest BCUT2D eigenvalue weighted by Gasteiger charge is -2.12. The molecule has 3 aromatic rings. The van der Waals surface area contributed by atoms with Gasteiger partial charge in [-0.3, -0.25) is 4.79 Å². The molecule has 10 heteroatoms. The summed E-state index contributed by atoms with van der Waals surface area (Å²) in [5.41, 5.74) is 1.72. The largest absolute Gasteiger partial charge is 0.475 e. The van der Waals surface area contributed by atoms with Crippen LogP contribution in [0.2, 0.25) is 5.02 Å². The number of aromatic amines is 1. The van der Waals surface area contributed by atoms with Crippen molar-refractivity contribution >= 4 is 39.9 Å². The van der Waals surface area contributed by atoms with Crippen molar-refractivity contribution in [2.75, 3.05) is 6.61 Å². The number of hydrogen-bond donors (Lipinski definition) is 2. The van der Waals surface area contributed by atoms with Crippen LogP contribution in [0.3, 0.4) is 0 Å². The number of carbonyl (C=O) groups is 1. The molecule has 5 nitrogen and oxygen atoms in total. The fraction of sp³-hybridized carbons (Fsp3) is 0.400. The number of imidazole rings is 1. The van der Waals surface area contributed by atoms with Crippen LogP contribution in [0.25, 0.3) is 11.0 Å². The molecular formula is C20H19ClF3N3O2S. The quantitative estimate of drug-likeness (QED) is 0.486. The zero-order valence-corrected chi connectivity index (χ0v) is 17.5. The number of H-pyrrole nitrogens is 1. The second-order valence-electron chi connectivity index (χ2n) is 7.44. The van der Waals surface area contributed by atoms with Crippen molar-refractivity contribution in [3.8, 4) is 5.06 Å². The summed E-state index contributed by atoms with van der Waals surface area (Å²) < 4.78 is 41.5. The number of alkyl halides is 3. The number of amides is 1. The van der Waals surface area contributed by atoms with Crippen LogP contribution < -0.4 is 10.1 Å². The molecule has 0 spiro atoms. The monoisotopic (exact) mass is 457 g/mol. The Bertz CT molecular complexity index is 1070. The van der Waals surface area contributed by atoms with Gasteiger partial charge in [0.2, 0.25) is 5.91 Å². The maximum absolute atomic E-state index is 12.4. The average Bonchev–Trinajstić information content (AvgIpc) is 3.08. The molecule has 3 atom stereocenters. The molecule has 2 aromatic heterocycles. The molecule has 1 aliphatic carbocycles. The summed E-state index contributed by atoms with van der Waals surface area (Å²) in [6, 6.07) is 8.32. The smallest absolute Gasteiger partial charge is 0.422 e. The molecule has 30 heavy (non-hydrogen) atoms. The van der Waals surface area contributed by atoms with Crippen LogP contribution in [0, 0.1) is 5.92 Å². The predicted molar refractivity (Wildman–Crippen MR) is 109 cm³/mol. The van der Waals surface area contributed by atoms with Gasteiger partial charge in [0.15, 0.2) is 11.7 Å². The predicted octanol–water partition coefficient (Wildman–Crippen LogP) is 5.59. The van der Waals surface area contributed by atoms with Crippen molar-refractivity contribution in [3.63, 3.8) is 0 Å². The number of hydrogen-bond acceptors (Lipinski definition) is 4. The van der Waals surface area contributed by atoms with E-state index in [4.69, 9.17) is 16.3 Å². The number of carbonyl (C=O) groups excluding carboxylic acids is 1. The van der Waals surface area contributed by atoms with Gasteiger partial charge in [0.1, 0.15) is 5.82 Å². The number of benzene rings is 1. The number of rotatable bonds is 7. The molecule has 1 aliphatic rings. The van der Waals surface area contributed by atoms with Crippen molar-refractivity contribution in [2.45, 2.75) is 37.9 Å². The molecule has 2 N–H and O–H groups in total. The number of halogens is 4. The van der Waals surface area contributed by atoms with Gasteiger partial charge in [0.25, 0.3) is 0 Å². The minimum Gasteiger partial charge on any atom is -0.475 e. The van der Waals surface area contributed by atoms with E-state index in [1.807, 2.05) is 12.1 Å². The summed E-state index contributed by atoms with van der Waals surface area (Å²) in [5, 5.41) is 3.72. The first kappa shape index (κ1) is 21.0. The lowest BCUT2D eigenvalue weighted by Crippen LogP contribution is -2.26. The van der Waals surface area contributed by atoms with Crippen molar-refractivity contribution < 1.29 is 22.7 Å². The van der Waals surface area contributed by atoms with Gasteiger partial charge in [-0.05, 0) is 49.6 Å². The molecule has 1 saturated carbocycles. The van der Waals surface area contributed by atoms with Crippen molar-refractivity contribution in [1.29, 1.82) is 0 Å². The second kappa shape index (κ2) is 8.11. The molecule has 1 amide bonds. The first-order valence-electron chi connectivity index (χ1n) is 9.42. The topological polar surface area (TPSA) is 67.0 Å². The fourth-order valence-corrected chi connectivity index (χ4v) is 4.42. The molecule has 0 unspecified atom stereocenters. The van der Waals surface area contributed by atoms with Crippen molar-refractivity contribution in [3.05, 3.63) is 46.1 Å². The Morgan fingerprint density at radius 1 is 1.40 bits per heavy atom. The van der Waals surface area contributed by atoms with Crippen LogP contribution in [0.15, 0.2) is 30.3 Å². The van der Waals surface area contributed by atoms with Gasteiger partial charge in [-0.1, -0.05) is 11.6 Å². The highest BCUT2D eigenvalue weighted by Gasteiger charge is 2.42. The van der Waals surface area contributed by atoms with E-state index in [9.17, 15) is 18.0 Å². The average molecular weight is 458 g/mol. The van der Waals surface area contributed by atoms with E-state index in [0.29, 0.717) is 11.4 Å². The third-order valence-corrected chi connectivity index (χ3v) is 6.38. The number of aromatic nitrogens is 2. The minimum atomic E-state index is -4.38. The van der Waals surface area contributed by atoms with Gasteiger partial charge in [-0.25, -0.2) is 4.98 Å². The van der Waals surface area contributed by atoms with Gasteiger partial charge in [0, 0.05) is 22.2 Å². The Kier molecular flexibility index (Phi) is 5.67. The molecule has 0 saturated heterocycles.